The molecule has 1 aliphatic carbocycles. The fraction of sp³-hybridized carbons (Fsp3) is 0.800. The zero-order valence-corrected chi connectivity index (χ0v) is 12.2. The van der Waals surface area contributed by atoms with Crippen LogP contribution in [0.2, 0.25) is 0 Å². The molecule has 0 aromatic rings. The first kappa shape index (κ1) is 15.9. The number of Topliss-reactive ketones (excluding diaryl/α,β-unsaturated/α-hetero) is 2. The largest absolute Gasteiger partial charge is 0.469 e. The first-order chi connectivity index (χ1) is 9.00. The lowest BCUT2D eigenvalue weighted by atomic mass is 9.68. The van der Waals surface area contributed by atoms with Crippen LogP contribution in [0.5, 0.6) is 0 Å². The SMILES string of the molecule is CCCCCC(C(=O)OC)C1(C(C)=O)CCCC1=O. The van der Waals surface area contributed by atoms with Gasteiger partial charge in [0.15, 0.2) is 0 Å². The standard InChI is InChI=1S/C15H24O4/c1-4-5-6-8-12(14(18)19-3)15(11(2)16)10-7-9-13(15)17/h12H,4-10H2,1-3H3. The van der Waals surface area contributed by atoms with Crippen LogP contribution in [0.4, 0.5) is 0 Å². The molecule has 0 saturated heterocycles. The molecule has 0 bridgehead atoms. The Hall–Kier alpha value is -1.19. The molecule has 19 heavy (non-hydrogen) atoms. The summed E-state index contributed by atoms with van der Waals surface area (Å²) in [6.07, 6.45) is 5.03. The van der Waals surface area contributed by atoms with E-state index >= 15 is 0 Å². The smallest absolute Gasteiger partial charge is 0.310 e. The number of methoxy groups -OCH3 is 1. The van der Waals surface area contributed by atoms with Crippen molar-refractivity contribution in [3.05, 3.63) is 0 Å². The minimum atomic E-state index is -1.11. The summed E-state index contributed by atoms with van der Waals surface area (Å²) in [7, 11) is 1.32. The van der Waals surface area contributed by atoms with E-state index in [-0.39, 0.29) is 11.6 Å². The van der Waals surface area contributed by atoms with Crippen LogP contribution in [0, 0.1) is 11.3 Å². The van der Waals surface area contributed by atoms with E-state index in [4.69, 9.17) is 4.74 Å². The van der Waals surface area contributed by atoms with E-state index in [1.165, 1.54) is 14.0 Å². The summed E-state index contributed by atoms with van der Waals surface area (Å²) in [5.74, 6) is -1.27. The van der Waals surface area contributed by atoms with Gasteiger partial charge >= 0.3 is 5.97 Å². The van der Waals surface area contributed by atoms with Crippen LogP contribution < -0.4 is 0 Å². The highest BCUT2D eigenvalue weighted by Crippen LogP contribution is 2.45. The third kappa shape index (κ3) is 3.04. The van der Waals surface area contributed by atoms with Gasteiger partial charge in [-0.2, -0.15) is 0 Å². The number of ketones is 2. The second-order valence-corrected chi connectivity index (χ2v) is 5.38. The maximum absolute atomic E-state index is 12.2. The molecule has 0 spiro atoms. The lowest BCUT2D eigenvalue weighted by Gasteiger charge is -2.32. The van der Waals surface area contributed by atoms with Crippen LogP contribution in [0.3, 0.4) is 0 Å². The van der Waals surface area contributed by atoms with Crippen LogP contribution >= 0.6 is 0 Å². The molecule has 1 aliphatic rings. The van der Waals surface area contributed by atoms with Crippen LogP contribution in [-0.2, 0) is 19.1 Å². The second-order valence-electron chi connectivity index (χ2n) is 5.38. The quantitative estimate of drug-likeness (QED) is 0.404. The molecule has 4 nitrogen and oxygen atoms in total. The fourth-order valence-corrected chi connectivity index (χ4v) is 3.18. The Balaban J connectivity index is 3.01. The van der Waals surface area contributed by atoms with E-state index in [1.54, 1.807) is 0 Å². The summed E-state index contributed by atoms with van der Waals surface area (Å²) < 4.78 is 4.84. The maximum atomic E-state index is 12.2. The Morgan fingerprint density at radius 1 is 1.37 bits per heavy atom. The summed E-state index contributed by atoms with van der Waals surface area (Å²) >= 11 is 0. The molecule has 0 radical (unpaired) electrons. The highest BCUT2D eigenvalue weighted by Gasteiger charge is 2.54. The van der Waals surface area contributed by atoms with Crippen LogP contribution in [-0.4, -0.2) is 24.6 Å². The number of esters is 1. The Bertz CT molecular complexity index is 361. The van der Waals surface area contributed by atoms with Crippen LogP contribution in [0.25, 0.3) is 0 Å². The van der Waals surface area contributed by atoms with Gasteiger partial charge in [-0.05, 0) is 26.2 Å². The number of hydrogen-bond donors (Lipinski definition) is 0. The molecule has 2 atom stereocenters. The van der Waals surface area contributed by atoms with Gasteiger partial charge in [0.05, 0.1) is 13.0 Å². The monoisotopic (exact) mass is 268 g/mol. The third-order valence-corrected chi connectivity index (χ3v) is 4.28. The molecule has 0 amide bonds. The summed E-state index contributed by atoms with van der Waals surface area (Å²) in [5, 5.41) is 0. The lowest BCUT2D eigenvalue weighted by molar-refractivity contribution is -0.159. The molecule has 0 aromatic heterocycles. The number of carbonyl (C=O) groups is 3. The normalized spacial score (nSPS) is 24.3. The molecule has 0 heterocycles. The Kier molecular flexibility index (Phi) is 5.70. The zero-order chi connectivity index (χ0) is 14.5. The highest BCUT2D eigenvalue weighted by atomic mass is 16.5. The molecular weight excluding hydrogens is 244 g/mol. The molecule has 108 valence electrons. The first-order valence-electron chi connectivity index (χ1n) is 7.12. The molecule has 1 saturated carbocycles. The van der Waals surface area contributed by atoms with Gasteiger partial charge in [0.2, 0.25) is 0 Å². The minimum Gasteiger partial charge on any atom is -0.469 e. The maximum Gasteiger partial charge on any atom is 0.310 e. The summed E-state index contributed by atoms with van der Waals surface area (Å²) in [4.78, 5) is 36.3. The van der Waals surface area contributed by atoms with Crippen molar-refractivity contribution < 1.29 is 19.1 Å². The number of carbonyl (C=O) groups excluding carboxylic acids is 3. The number of ether oxygens (including phenoxy) is 1. The van der Waals surface area contributed by atoms with Crippen LogP contribution in [0.1, 0.15) is 58.8 Å². The fourth-order valence-electron chi connectivity index (χ4n) is 3.18. The van der Waals surface area contributed by atoms with Crippen molar-refractivity contribution in [3.8, 4) is 0 Å². The number of rotatable bonds is 7. The van der Waals surface area contributed by atoms with Gasteiger partial charge in [0.1, 0.15) is 17.0 Å². The van der Waals surface area contributed by atoms with Gasteiger partial charge in [-0.25, -0.2) is 0 Å². The van der Waals surface area contributed by atoms with Gasteiger partial charge < -0.3 is 4.74 Å². The van der Waals surface area contributed by atoms with Crippen molar-refractivity contribution in [2.75, 3.05) is 7.11 Å². The number of hydrogen-bond acceptors (Lipinski definition) is 4. The molecule has 0 aliphatic heterocycles. The Labute approximate surface area is 114 Å². The molecule has 1 fully saturated rings. The highest BCUT2D eigenvalue weighted by molar-refractivity contribution is 6.10. The van der Waals surface area contributed by atoms with E-state index in [0.717, 1.165) is 19.3 Å². The Morgan fingerprint density at radius 3 is 2.47 bits per heavy atom. The van der Waals surface area contributed by atoms with E-state index in [2.05, 4.69) is 6.92 Å². The van der Waals surface area contributed by atoms with E-state index in [1.807, 2.05) is 0 Å². The molecular formula is C15H24O4. The van der Waals surface area contributed by atoms with Crippen molar-refractivity contribution in [1.82, 2.24) is 0 Å². The van der Waals surface area contributed by atoms with Gasteiger partial charge in [-0.1, -0.05) is 26.2 Å². The molecule has 1 rings (SSSR count). The number of unbranched alkanes of at least 4 members (excludes halogenated alkanes) is 2. The topological polar surface area (TPSA) is 60.4 Å². The molecule has 0 aromatic carbocycles. The molecule has 4 heteroatoms. The zero-order valence-electron chi connectivity index (χ0n) is 12.2. The van der Waals surface area contributed by atoms with Gasteiger partial charge in [0.25, 0.3) is 0 Å². The molecule has 2 unspecified atom stereocenters. The van der Waals surface area contributed by atoms with E-state index in [9.17, 15) is 14.4 Å². The second kappa shape index (κ2) is 6.83. The van der Waals surface area contributed by atoms with Gasteiger partial charge in [-0.15, -0.1) is 0 Å². The predicted molar refractivity (Wildman–Crippen MR) is 71.6 cm³/mol. The third-order valence-electron chi connectivity index (χ3n) is 4.28. The average molecular weight is 268 g/mol. The predicted octanol–water partition coefficient (Wildman–Crippen LogP) is 2.68. The minimum absolute atomic E-state index is 0.0769. The summed E-state index contributed by atoms with van der Waals surface area (Å²) in [6, 6.07) is 0. The van der Waals surface area contributed by atoms with Crippen molar-refractivity contribution in [2.24, 2.45) is 11.3 Å². The Morgan fingerprint density at radius 2 is 2.05 bits per heavy atom. The van der Waals surface area contributed by atoms with Gasteiger partial charge in [-0.3, -0.25) is 14.4 Å². The van der Waals surface area contributed by atoms with E-state index in [0.29, 0.717) is 25.7 Å². The van der Waals surface area contributed by atoms with Crippen molar-refractivity contribution in [3.63, 3.8) is 0 Å². The lowest BCUT2D eigenvalue weighted by Crippen LogP contribution is -2.45. The summed E-state index contributed by atoms with van der Waals surface area (Å²) in [5.41, 5.74) is -1.11. The summed E-state index contributed by atoms with van der Waals surface area (Å²) in [6.45, 7) is 3.51. The van der Waals surface area contributed by atoms with Crippen molar-refractivity contribution in [1.29, 1.82) is 0 Å². The van der Waals surface area contributed by atoms with Crippen molar-refractivity contribution >= 4 is 17.5 Å². The van der Waals surface area contributed by atoms with Crippen molar-refractivity contribution in [2.45, 2.75) is 58.8 Å². The van der Waals surface area contributed by atoms with E-state index < -0.39 is 17.3 Å². The van der Waals surface area contributed by atoms with Gasteiger partial charge in [0, 0.05) is 6.42 Å². The average Bonchev–Trinajstić information content (AvgIpc) is 2.77. The van der Waals surface area contributed by atoms with Crippen LogP contribution in [0.15, 0.2) is 0 Å². The first-order valence-corrected chi connectivity index (χ1v) is 7.12. The molecule has 0 N–H and O–H groups in total.